The van der Waals surface area contributed by atoms with Gasteiger partial charge in [0, 0.05) is 19.1 Å². The van der Waals surface area contributed by atoms with Crippen molar-refractivity contribution in [1.82, 2.24) is 4.90 Å². The summed E-state index contributed by atoms with van der Waals surface area (Å²) in [5, 5.41) is 0. The summed E-state index contributed by atoms with van der Waals surface area (Å²) in [7, 11) is 0. The molecule has 0 aliphatic carbocycles. The Labute approximate surface area is 134 Å². The topological polar surface area (TPSA) is 55.6 Å². The molecule has 1 saturated heterocycles. The van der Waals surface area contributed by atoms with Gasteiger partial charge in [0.05, 0.1) is 4.47 Å². The van der Waals surface area contributed by atoms with Crippen LogP contribution < -0.4 is 10.5 Å². The summed E-state index contributed by atoms with van der Waals surface area (Å²) in [5.41, 5.74) is 5.97. The molecule has 1 amide bonds. The van der Waals surface area contributed by atoms with Crippen molar-refractivity contribution in [2.45, 2.75) is 38.8 Å². The summed E-state index contributed by atoms with van der Waals surface area (Å²) in [6.45, 7) is 5.35. The van der Waals surface area contributed by atoms with E-state index in [2.05, 4.69) is 15.9 Å². The molecule has 1 heterocycles. The third-order valence-corrected chi connectivity index (χ3v) is 4.66. The first-order chi connectivity index (χ1) is 9.99. The molecule has 0 radical (unpaired) electrons. The van der Waals surface area contributed by atoms with Gasteiger partial charge in [-0.15, -0.1) is 0 Å². The maximum atomic E-state index is 12.5. The molecule has 116 valence electrons. The number of likely N-dealkylation sites (tertiary alicyclic amines) is 1. The standard InChI is InChI=1S/C16H23BrN2O2/c1-11(18)13-6-5-9-19(10-13)16(20)12(2)21-15-8-4-3-7-14(15)17/h3-4,7-8,11-13H,5-6,9-10,18H2,1-2H3. The van der Waals surface area contributed by atoms with Gasteiger partial charge < -0.3 is 15.4 Å². The Morgan fingerprint density at radius 1 is 1.43 bits per heavy atom. The lowest BCUT2D eigenvalue weighted by atomic mass is 9.92. The van der Waals surface area contributed by atoms with E-state index in [1.54, 1.807) is 6.92 Å². The predicted octanol–water partition coefficient (Wildman–Crippen LogP) is 2.80. The van der Waals surface area contributed by atoms with Crippen LogP contribution in [0.4, 0.5) is 0 Å². The summed E-state index contributed by atoms with van der Waals surface area (Å²) < 4.78 is 6.64. The summed E-state index contributed by atoms with van der Waals surface area (Å²) in [6.07, 6.45) is 1.62. The van der Waals surface area contributed by atoms with E-state index in [9.17, 15) is 4.79 Å². The van der Waals surface area contributed by atoms with Crippen LogP contribution in [-0.2, 0) is 4.79 Å². The van der Waals surface area contributed by atoms with Gasteiger partial charge >= 0.3 is 0 Å². The molecule has 1 fully saturated rings. The molecule has 0 aromatic heterocycles. The van der Waals surface area contributed by atoms with Gasteiger partial charge in [-0.1, -0.05) is 12.1 Å². The molecule has 2 rings (SSSR count). The second-order valence-electron chi connectivity index (χ2n) is 5.74. The van der Waals surface area contributed by atoms with Crippen molar-refractivity contribution in [2.24, 2.45) is 11.7 Å². The lowest BCUT2D eigenvalue weighted by Gasteiger charge is -2.35. The van der Waals surface area contributed by atoms with E-state index in [0.717, 1.165) is 30.4 Å². The monoisotopic (exact) mass is 354 g/mol. The molecule has 3 unspecified atom stereocenters. The van der Waals surface area contributed by atoms with Crippen LogP contribution in [0.15, 0.2) is 28.7 Å². The number of carbonyl (C=O) groups is 1. The zero-order chi connectivity index (χ0) is 15.4. The van der Waals surface area contributed by atoms with Gasteiger partial charge in [-0.2, -0.15) is 0 Å². The molecule has 5 heteroatoms. The summed E-state index contributed by atoms with van der Waals surface area (Å²) in [4.78, 5) is 14.4. The second-order valence-corrected chi connectivity index (χ2v) is 6.59. The lowest BCUT2D eigenvalue weighted by Crippen LogP contribution is -2.48. The van der Waals surface area contributed by atoms with E-state index in [4.69, 9.17) is 10.5 Å². The van der Waals surface area contributed by atoms with Crippen LogP contribution in [0.1, 0.15) is 26.7 Å². The van der Waals surface area contributed by atoms with Gasteiger partial charge in [-0.3, -0.25) is 4.79 Å². The number of carbonyl (C=O) groups excluding carboxylic acids is 1. The molecule has 1 aromatic rings. The highest BCUT2D eigenvalue weighted by Gasteiger charge is 2.29. The van der Waals surface area contributed by atoms with Gasteiger partial charge in [0.15, 0.2) is 6.10 Å². The summed E-state index contributed by atoms with van der Waals surface area (Å²) >= 11 is 3.43. The molecule has 1 aliphatic heterocycles. The van der Waals surface area contributed by atoms with E-state index in [0.29, 0.717) is 11.7 Å². The van der Waals surface area contributed by atoms with Crippen molar-refractivity contribution < 1.29 is 9.53 Å². The van der Waals surface area contributed by atoms with Crippen molar-refractivity contribution in [3.05, 3.63) is 28.7 Å². The summed E-state index contributed by atoms with van der Waals surface area (Å²) in [6, 6.07) is 7.69. The quantitative estimate of drug-likeness (QED) is 0.904. The molecule has 1 aliphatic rings. The third-order valence-electron chi connectivity index (χ3n) is 4.00. The van der Waals surface area contributed by atoms with Crippen molar-refractivity contribution in [3.8, 4) is 5.75 Å². The number of piperidine rings is 1. The van der Waals surface area contributed by atoms with E-state index in [-0.39, 0.29) is 11.9 Å². The Bertz CT molecular complexity index is 493. The molecule has 0 spiro atoms. The molecular weight excluding hydrogens is 332 g/mol. The normalized spacial score (nSPS) is 21.7. The maximum Gasteiger partial charge on any atom is 0.263 e. The van der Waals surface area contributed by atoms with Crippen molar-refractivity contribution >= 4 is 21.8 Å². The van der Waals surface area contributed by atoms with Crippen molar-refractivity contribution in [2.75, 3.05) is 13.1 Å². The SMILES string of the molecule is CC(Oc1ccccc1Br)C(=O)N1CCCC(C(C)N)C1. The Morgan fingerprint density at radius 3 is 2.81 bits per heavy atom. The largest absolute Gasteiger partial charge is 0.480 e. The minimum absolute atomic E-state index is 0.0381. The minimum Gasteiger partial charge on any atom is -0.480 e. The minimum atomic E-state index is -0.490. The van der Waals surface area contributed by atoms with Crippen LogP contribution in [0.5, 0.6) is 5.75 Å². The third kappa shape index (κ3) is 4.20. The Kier molecular flexibility index (Phi) is 5.65. The predicted molar refractivity (Wildman–Crippen MR) is 87.2 cm³/mol. The fraction of sp³-hybridized carbons (Fsp3) is 0.562. The van der Waals surface area contributed by atoms with Crippen LogP contribution in [0.2, 0.25) is 0 Å². The number of hydrogen-bond donors (Lipinski definition) is 1. The van der Waals surface area contributed by atoms with Crippen LogP contribution in [-0.4, -0.2) is 36.0 Å². The first kappa shape index (κ1) is 16.3. The number of benzene rings is 1. The molecule has 1 aromatic carbocycles. The van der Waals surface area contributed by atoms with Crippen LogP contribution in [0.25, 0.3) is 0 Å². The Hall–Kier alpha value is -1.07. The van der Waals surface area contributed by atoms with E-state index < -0.39 is 6.10 Å². The number of rotatable bonds is 4. The fourth-order valence-corrected chi connectivity index (χ4v) is 3.06. The molecule has 4 nitrogen and oxygen atoms in total. The smallest absolute Gasteiger partial charge is 0.263 e. The van der Waals surface area contributed by atoms with Crippen molar-refractivity contribution in [1.29, 1.82) is 0 Å². The number of hydrogen-bond acceptors (Lipinski definition) is 3. The average Bonchev–Trinajstić information content (AvgIpc) is 2.49. The number of nitrogens with two attached hydrogens (primary N) is 1. The molecule has 3 atom stereocenters. The molecule has 21 heavy (non-hydrogen) atoms. The second kappa shape index (κ2) is 7.27. The molecule has 2 N–H and O–H groups in total. The highest BCUT2D eigenvalue weighted by molar-refractivity contribution is 9.10. The van der Waals surface area contributed by atoms with Crippen LogP contribution >= 0.6 is 15.9 Å². The molecule has 0 bridgehead atoms. The van der Waals surface area contributed by atoms with Crippen LogP contribution in [0, 0.1) is 5.92 Å². The van der Waals surface area contributed by atoms with Gasteiger partial charge in [-0.25, -0.2) is 0 Å². The summed E-state index contributed by atoms with van der Waals surface area (Å²) in [5.74, 6) is 1.12. The Balaban J connectivity index is 1.97. The highest BCUT2D eigenvalue weighted by Crippen LogP contribution is 2.26. The zero-order valence-electron chi connectivity index (χ0n) is 12.6. The van der Waals surface area contributed by atoms with E-state index >= 15 is 0 Å². The van der Waals surface area contributed by atoms with Crippen LogP contribution in [0.3, 0.4) is 0 Å². The van der Waals surface area contributed by atoms with Gasteiger partial charge in [-0.05, 0) is 60.7 Å². The number of para-hydroxylation sites is 1. The zero-order valence-corrected chi connectivity index (χ0v) is 14.2. The highest BCUT2D eigenvalue weighted by atomic mass is 79.9. The van der Waals surface area contributed by atoms with Gasteiger partial charge in [0.2, 0.25) is 0 Å². The first-order valence-electron chi connectivity index (χ1n) is 7.44. The molecular formula is C16H23BrN2O2. The van der Waals surface area contributed by atoms with Gasteiger partial charge in [0.1, 0.15) is 5.75 Å². The van der Waals surface area contributed by atoms with Gasteiger partial charge in [0.25, 0.3) is 5.91 Å². The number of halogens is 1. The lowest BCUT2D eigenvalue weighted by molar-refractivity contribution is -0.139. The molecule has 0 saturated carbocycles. The average molecular weight is 355 g/mol. The van der Waals surface area contributed by atoms with E-state index in [1.165, 1.54) is 0 Å². The Morgan fingerprint density at radius 2 is 2.14 bits per heavy atom. The van der Waals surface area contributed by atoms with Crippen molar-refractivity contribution in [3.63, 3.8) is 0 Å². The maximum absolute atomic E-state index is 12.5. The fourth-order valence-electron chi connectivity index (χ4n) is 2.68. The van der Waals surface area contributed by atoms with E-state index in [1.807, 2.05) is 36.1 Å². The first-order valence-corrected chi connectivity index (χ1v) is 8.24. The number of amides is 1. The number of ether oxygens (including phenoxy) is 1. The number of nitrogens with zero attached hydrogens (tertiary/aromatic N) is 1.